The van der Waals surface area contributed by atoms with E-state index in [-0.39, 0.29) is 0 Å². The molecule has 4 nitrogen and oxygen atoms in total. The first-order chi connectivity index (χ1) is 11.2. The highest BCUT2D eigenvalue weighted by Gasteiger charge is 2.05. The average Bonchev–Trinajstić information content (AvgIpc) is 3.05. The Hall–Kier alpha value is -2.66. The van der Waals surface area contributed by atoms with Gasteiger partial charge in [-0.15, -0.1) is 5.10 Å². The zero-order valence-corrected chi connectivity index (χ0v) is 13.6. The summed E-state index contributed by atoms with van der Waals surface area (Å²) >= 11 is 5.36. The van der Waals surface area contributed by atoms with E-state index >= 15 is 0 Å². The van der Waals surface area contributed by atoms with E-state index in [2.05, 4.69) is 10.4 Å². The summed E-state index contributed by atoms with van der Waals surface area (Å²) in [7, 11) is 0. The summed E-state index contributed by atoms with van der Waals surface area (Å²) in [5.74, 6) is 0.543. The number of anilines is 1. The van der Waals surface area contributed by atoms with E-state index in [1.165, 1.54) is 5.56 Å². The molecule has 0 aliphatic carbocycles. The van der Waals surface area contributed by atoms with Gasteiger partial charge in [-0.25, -0.2) is 4.68 Å². The fraction of sp³-hybridized carbons (Fsp3) is 0.111. The molecule has 23 heavy (non-hydrogen) atoms. The second kappa shape index (κ2) is 7.07. The third-order valence-corrected chi connectivity index (χ3v) is 3.59. The van der Waals surface area contributed by atoms with Crippen LogP contribution in [0.3, 0.4) is 0 Å². The summed E-state index contributed by atoms with van der Waals surface area (Å²) in [4.78, 5) is 0. The minimum Gasteiger partial charge on any atom is -0.472 e. The van der Waals surface area contributed by atoms with E-state index in [0.29, 0.717) is 17.6 Å². The molecule has 0 radical (unpaired) electrons. The van der Waals surface area contributed by atoms with Crippen LogP contribution in [-0.4, -0.2) is 14.9 Å². The van der Waals surface area contributed by atoms with Crippen LogP contribution < -0.4 is 10.1 Å². The molecule has 0 amide bonds. The quantitative estimate of drug-likeness (QED) is 0.736. The van der Waals surface area contributed by atoms with Crippen molar-refractivity contribution in [3.63, 3.8) is 0 Å². The van der Waals surface area contributed by atoms with Crippen LogP contribution >= 0.6 is 12.2 Å². The SMILES string of the molecule is Cc1ccc(NC(=S)n2ccc(OCc3ccccc3)n2)cc1. The molecule has 3 aromatic rings. The number of nitrogens with zero attached hydrogens (tertiary/aromatic N) is 2. The summed E-state index contributed by atoms with van der Waals surface area (Å²) in [6.07, 6.45) is 1.78. The molecule has 5 heteroatoms. The number of aryl methyl sites for hydroxylation is 1. The van der Waals surface area contributed by atoms with Gasteiger partial charge in [-0.1, -0.05) is 48.0 Å². The maximum absolute atomic E-state index is 5.67. The van der Waals surface area contributed by atoms with Crippen LogP contribution in [-0.2, 0) is 6.61 Å². The van der Waals surface area contributed by atoms with Gasteiger partial charge in [-0.05, 0) is 36.8 Å². The highest BCUT2D eigenvalue weighted by Crippen LogP contribution is 2.12. The van der Waals surface area contributed by atoms with E-state index in [9.17, 15) is 0 Å². The molecular weight excluding hydrogens is 306 g/mol. The van der Waals surface area contributed by atoms with E-state index in [1.54, 1.807) is 16.9 Å². The Morgan fingerprint density at radius 1 is 1.09 bits per heavy atom. The van der Waals surface area contributed by atoms with E-state index in [0.717, 1.165) is 11.3 Å². The Morgan fingerprint density at radius 3 is 2.57 bits per heavy atom. The highest BCUT2D eigenvalue weighted by molar-refractivity contribution is 7.80. The van der Waals surface area contributed by atoms with Gasteiger partial charge < -0.3 is 10.1 Å². The van der Waals surface area contributed by atoms with Gasteiger partial charge in [0.1, 0.15) is 6.61 Å². The smallest absolute Gasteiger partial charge is 0.233 e. The van der Waals surface area contributed by atoms with Crippen molar-refractivity contribution in [2.45, 2.75) is 13.5 Å². The lowest BCUT2D eigenvalue weighted by molar-refractivity contribution is 0.292. The molecular formula is C18H17N3OS. The fourth-order valence-electron chi connectivity index (χ4n) is 2.05. The largest absolute Gasteiger partial charge is 0.472 e. The predicted octanol–water partition coefficient (Wildman–Crippen LogP) is 4.02. The molecule has 0 saturated carbocycles. The summed E-state index contributed by atoms with van der Waals surface area (Å²) < 4.78 is 7.26. The number of hydrogen-bond acceptors (Lipinski definition) is 3. The van der Waals surface area contributed by atoms with Gasteiger partial charge >= 0.3 is 0 Å². The monoisotopic (exact) mass is 323 g/mol. The van der Waals surface area contributed by atoms with Crippen LogP contribution in [0.1, 0.15) is 11.1 Å². The van der Waals surface area contributed by atoms with Gasteiger partial charge in [0.2, 0.25) is 5.88 Å². The lowest BCUT2D eigenvalue weighted by Gasteiger charge is -2.08. The standard InChI is InChI=1S/C18H17N3OS/c1-14-7-9-16(10-8-14)19-18(23)21-12-11-17(20-21)22-13-15-5-3-2-4-6-15/h2-12H,13H2,1H3,(H,19,23). The molecule has 0 spiro atoms. The first-order valence-electron chi connectivity index (χ1n) is 7.31. The van der Waals surface area contributed by atoms with Crippen molar-refractivity contribution >= 4 is 23.0 Å². The Morgan fingerprint density at radius 2 is 1.83 bits per heavy atom. The molecule has 0 unspecified atom stereocenters. The molecule has 116 valence electrons. The van der Waals surface area contributed by atoms with Crippen molar-refractivity contribution in [2.24, 2.45) is 0 Å². The minimum atomic E-state index is 0.482. The Bertz CT molecular complexity index is 782. The number of ether oxygens (including phenoxy) is 1. The van der Waals surface area contributed by atoms with Crippen molar-refractivity contribution < 1.29 is 4.74 Å². The molecule has 3 rings (SSSR count). The Kier molecular flexibility index (Phi) is 4.68. The number of aromatic nitrogens is 2. The topological polar surface area (TPSA) is 39.1 Å². The Labute approximate surface area is 140 Å². The lowest BCUT2D eigenvalue weighted by Crippen LogP contribution is -2.19. The maximum Gasteiger partial charge on any atom is 0.233 e. The first kappa shape index (κ1) is 15.2. The summed E-state index contributed by atoms with van der Waals surface area (Å²) in [5, 5.41) is 7.98. The molecule has 0 saturated heterocycles. The van der Waals surface area contributed by atoms with Crippen molar-refractivity contribution in [1.82, 2.24) is 9.78 Å². The van der Waals surface area contributed by atoms with Crippen LogP contribution in [0, 0.1) is 6.92 Å². The zero-order chi connectivity index (χ0) is 16.1. The summed E-state index contributed by atoms with van der Waals surface area (Å²) in [5.41, 5.74) is 3.24. The van der Waals surface area contributed by atoms with Crippen molar-refractivity contribution in [2.75, 3.05) is 5.32 Å². The maximum atomic E-state index is 5.67. The van der Waals surface area contributed by atoms with Crippen molar-refractivity contribution in [3.05, 3.63) is 78.0 Å². The molecule has 0 atom stereocenters. The lowest BCUT2D eigenvalue weighted by atomic mass is 10.2. The number of thiocarbonyl (C=S) groups is 1. The molecule has 1 N–H and O–H groups in total. The first-order valence-corrected chi connectivity index (χ1v) is 7.72. The predicted molar refractivity (Wildman–Crippen MR) is 95.8 cm³/mol. The molecule has 0 aliphatic rings. The van der Waals surface area contributed by atoms with Gasteiger partial charge in [0.25, 0.3) is 0 Å². The summed E-state index contributed by atoms with van der Waals surface area (Å²) in [6.45, 7) is 2.53. The third kappa shape index (κ3) is 4.17. The van der Waals surface area contributed by atoms with Crippen LogP contribution in [0.25, 0.3) is 0 Å². The van der Waals surface area contributed by atoms with E-state index < -0.39 is 0 Å². The zero-order valence-electron chi connectivity index (χ0n) is 12.8. The fourth-order valence-corrected chi connectivity index (χ4v) is 2.27. The van der Waals surface area contributed by atoms with Gasteiger partial charge in [-0.2, -0.15) is 0 Å². The highest BCUT2D eigenvalue weighted by atomic mass is 32.1. The van der Waals surface area contributed by atoms with Crippen LogP contribution in [0.5, 0.6) is 5.88 Å². The number of benzene rings is 2. The van der Waals surface area contributed by atoms with Gasteiger partial charge in [-0.3, -0.25) is 0 Å². The van der Waals surface area contributed by atoms with E-state index in [1.807, 2.05) is 61.5 Å². The second-order valence-electron chi connectivity index (χ2n) is 5.17. The van der Waals surface area contributed by atoms with Gasteiger partial charge in [0, 0.05) is 18.0 Å². The van der Waals surface area contributed by atoms with Crippen LogP contribution in [0.4, 0.5) is 5.69 Å². The minimum absolute atomic E-state index is 0.482. The molecule has 1 aromatic heterocycles. The van der Waals surface area contributed by atoms with Gasteiger partial charge in [0.05, 0.1) is 0 Å². The molecule has 1 heterocycles. The van der Waals surface area contributed by atoms with Crippen molar-refractivity contribution in [1.29, 1.82) is 0 Å². The van der Waals surface area contributed by atoms with Crippen LogP contribution in [0.2, 0.25) is 0 Å². The third-order valence-electron chi connectivity index (χ3n) is 3.31. The van der Waals surface area contributed by atoms with E-state index in [4.69, 9.17) is 17.0 Å². The number of nitrogens with one attached hydrogen (secondary N) is 1. The number of hydrogen-bond donors (Lipinski definition) is 1. The van der Waals surface area contributed by atoms with Crippen LogP contribution in [0.15, 0.2) is 66.9 Å². The average molecular weight is 323 g/mol. The van der Waals surface area contributed by atoms with Gasteiger partial charge in [0.15, 0.2) is 5.11 Å². The molecule has 0 fully saturated rings. The van der Waals surface area contributed by atoms with Crippen molar-refractivity contribution in [3.8, 4) is 5.88 Å². The normalized spacial score (nSPS) is 10.3. The second-order valence-corrected chi connectivity index (χ2v) is 5.56. The molecule has 0 bridgehead atoms. The molecule has 0 aliphatic heterocycles. The Balaban J connectivity index is 1.59. The molecule has 2 aromatic carbocycles. The number of rotatable bonds is 4. The summed E-state index contributed by atoms with van der Waals surface area (Å²) in [6, 6.07) is 19.8.